The predicted molar refractivity (Wildman–Crippen MR) is 47.7 cm³/mol. The number of halogens is 2. The van der Waals surface area contributed by atoms with Crippen molar-refractivity contribution in [3.05, 3.63) is 5.82 Å². The summed E-state index contributed by atoms with van der Waals surface area (Å²) in [6, 6.07) is 0. The maximum atomic E-state index is 12.9. The molecule has 0 radical (unpaired) electrons. The van der Waals surface area contributed by atoms with Crippen LogP contribution in [0.1, 0.15) is 25.6 Å². The Bertz CT molecular complexity index is 315. The zero-order chi connectivity index (χ0) is 10.9. The van der Waals surface area contributed by atoms with Crippen molar-refractivity contribution >= 4 is 11.9 Å². The van der Waals surface area contributed by atoms with Crippen molar-refractivity contribution in [2.45, 2.75) is 25.7 Å². The second kappa shape index (κ2) is 3.32. The molecule has 0 spiro atoms. The molecule has 14 heavy (non-hydrogen) atoms. The molecular weight excluding hydrogens is 192 g/mol. The van der Waals surface area contributed by atoms with Crippen LogP contribution < -0.4 is 11.5 Å². The van der Waals surface area contributed by atoms with Crippen LogP contribution in [0, 0.1) is 0 Å². The van der Waals surface area contributed by atoms with Crippen molar-refractivity contribution < 1.29 is 8.78 Å². The van der Waals surface area contributed by atoms with Crippen LogP contribution in [0.15, 0.2) is 0 Å². The van der Waals surface area contributed by atoms with E-state index in [-0.39, 0.29) is 17.7 Å². The minimum absolute atomic E-state index is 0.0949. The molecule has 0 saturated carbocycles. The monoisotopic (exact) mass is 203 g/mol. The van der Waals surface area contributed by atoms with Gasteiger partial charge in [0.25, 0.3) is 5.92 Å². The van der Waals surface area contributed by atoms with Crippen LogP contribution in [0.2, 0.25) is 0 Å². The van der Waals surface area contributed by atoms with Gasteiger partial charge in [-0.15, -0.1) is 0 Å². The molecule has 4 N–H and O–H groups in total. The van der Waals surface area contributed by atoms with Gasteiger partial charge in [0.1, 0.15) is 5.82 Å². The van der Waals surface area contributed by atoms with Gasteiger partial charge in [0.2, 0.25) is 11.9 Å². The number of nitrogen functional groups attached to an aromatic ring is 2. The lowest BCUT2D eigenvalue weighted by Crippen LogP contribution is -2.22. The Kier molecular flexibility index (Phi) is 2.50. The Balaban J connectivity index is 3.07. The molecule has 1 rings (SSSR count). The van der Waals surface area contributed by atoms with E-state index < -0.39 is 11.8 Å². The fourth-order valence-corrected chi connectivity index (χ4v) is 0.847. The Morgan fingerprint density at radius 3 is 1.93 bits per heavy atom. The Hall–Kier alpha value is -1.53. The van der Waals surface area contributed by atoms with Crippen molar-refractivity contribution in [2.75, 3.05) is 11.5 Å². The third-order valence-electron chi connectivity index (χ3n) is 1.83. The van der Waals surface area contributed by atoms with E-state index in [1.165, 1.54) is 6.92 Å². The van der Waals surface area contributed by atoms with Crippen LogP contribution in [0.25, 0.3) is 0 Å². The summed E-state index contributed by atoms with van der Waals surface area (Å²) < 4.78 is 25.8. The van der Waals surface area contributed by atoms with Crippen molar-refractivity contribution in [3.63, 3.8) is 0 Å². The van der Waals surface area contributed by atoms with E-state index in [2.05, 4.69) is 15.0 Å². The second-order valence-corrected chi connectivity index (χ2v) is 3.09. The molecule has 78 valence electrons. The van der Waals surface area contributed by atoms with Crippen molar-refractivity contribution in [1.29, 1.82) is 0 Å². The molecule has 1 aromatic rings. The lowest BCUT2D eigenvalue weighted by Gasteiger charge is -2.17. The number of alkyl halides is 2. The number of anilines is 2. The third-order valence-corrected chi connectivity index (χ3v) is 1.83. The van der Waals surface area contributed by atoms with Gasteiger partial charge in [-0.05, 0) is 6.92 Å². The maximum absolute atomic E-state index is 12.9. The first-order valence-electron chi connectivity index (χ1n) is 3.95. The molecule has 1 unspecified atom stereocenters. The summed E-state index contributed by atoms with van der Waals surface area (Å²) in [5, 5.41) is 0. The predicted octanol–water partition coefficient (Wildman–Crippen LogP) is 0.795. The van der Waals surface area contributed by atoms with E-state index in [0.29, 0.717) is 0 Å². The highest BCUT2D eigenvalue weighted by Crippen LogP contribution is 2.30. The normalized spacial score (nSPS) is 14.0. The van der Waals surface area contributed by atoms with E-state index in [1.807, 2.05) is 0 Å². The van der Waals surface area contributed by atoms with E-state index >= 15 is 0 Å². The average Bonchev–Trinajstić information content (AvgIpc) is 1.99. The topological polar surface area (TPSA) is 90.7 Å². The number of aromatic nitrogens is 3. The van der Waals surface area contributed by atoms with Gasteiger partial charge in [0.05, 0.1) is 5.92 Å². The van der Waals surface area contributed by atoms with Crippen molar-refractivity contribution in [2.24, 2.45) is 0 Å². The first-order chi connectivity index (χ1) is 6.30. The standard InChI is InChI=1S/C7H11F2N5/c1-3(7(2,8)9)4-12-5(10)14-6(11)13-4/h3H,1-2H3,(H4,10,11,12,13,14). The number of nitrogens with zero attached hydrogens (tertiary/aromatic N) is 3. The highest BCUT2D eigenvalue weighted by atomic mass is 19.3. The van der Waals surface area contributed by atoms with E-state index in [1.54, 1.807) is 0 Å². The first kappa shape index (κ1) is 10.6. The first-order valence-corrected chi connectivity index (χ1v) is 3.95. The summed E-state index contributed by atoms with van der Waals surface area (Å²) >= 11 is 0. The Morgan fingerprint density at radius 1 is 1.14 bits per heavy atom. The molecule has 0 bridgehead atoms. The molecule has 1 heterocycles. The molecule has 0 aliphatic carbocycles. The smallest absolute Gasteiger partial charge is 0.254 e. The van der Waals surface area contributed by atoms with Gasteiger partial charge in [-0.1, -0.05) is 0 Å². The van der Waals surface area contributed by atoms with Crippen LogP contribution in [-0.4, -0.2) is 20.9 Å². The van der Waals surface area contributed by atoms with Crippen LogP contribution >= 0.6 is 0 Å². The third kappa shape index (κ3) is 2.24. The zero-order valence-electron chi connectivity index (χ0n) is 7.83. The summed E-state index contributed by atoms with van der Waals surface area (Å²) in [5.74, 6) is -4.45. The fraction of sp³-hybridized carbons (Fsp3) is 0.571. The van der Waals surface area contributed by atoms with E-state index in [4.69, 9.17) is 11.5 Å². The molecule has 0 aromatic carbocycles. The Labute approximate surface area is 79.6 Å². The molecule has 0 aliphatic heterocycles. The molecule has 7 heteroatoms. The molecule has 0 aliphatic rings. The largest absolute Gasteiger partial charge is 0.368 e. The minimum atomic E-state index is -2.92. The lowest BCUT2D eigenvalue weighted by atomic mass is 10.1. The number of hydrogen-bond donors (Lipinski definition) is 2. The lowest BCUT2D eigenvalue weighted by molar-refractivity contribution is -0.00472. The number of nitrogens with two attached hydrogens (primary N) is 2. The Morgan fingerprint density at radius 2 is 1.57 bits per heavy atom. The molecule has 1 atom stereocenters. The summed E-state index contributed by atoms with van der Waals surface area (Å²) in [6.45, 7) is 2.09. The number of rotatable bonds is 2. The molecule has 5 nitrogen and oxygen atoms in total. The van der Waals surface area contributed by atoms with Crippen molar-refractivity contribution in [3.8, 4) is 0 Å². The van der Waals surface area contributed by atoms with Gasteiger partial charge in [-0.25, -0.2) is 8.78 Å². The molecule has 1 aromatic heterocycles. The zero-order valence-corrected chi connectivity index (χ0v) is 7.83. The van der Waals surface area contributed by atoms with E-state index in [9.17, 15) is 8.78 Å². The number of hydrogen-bond acceptors (Lipinski definition) is 5. The van der Waals surface area contributed by atoms with Crippen LogP contribution in [0.3, 0.4) is 0 Å². The van der Waals surface area contributed by atoms with Crippen molar-refractivity contribution in [1.82, 2.24) is 15.0 Å². The summed E-state index contributed by atoms with van der Waals surface area (Å²) in [4.78, 5) is 10.7. The van der Waals surface area contributed by atoms with E-state index in [0.717, 1.165) is 6.92 Å². The van der Waals surface area contributed by atoms with Gasteiger partial charge in [0.15, 0.2) is 0 Å². The van der Waals surface area contributed by atoms with Gasteiger partial charge < -0.3 is 11.5 Å². The summed E-state index contributed by atoms with van der Waals surface area (Å²) in [6.07, 6.45) is 0. The highest BCUT2D eigenvalue weighted by molar-refractivity contribution is 5.27. The molecule has 0 fully saturated rings. The summed E-state index contributed by atoms with van der Waals surface area (Å²) in [5.41, 5.74) is 10.5. The average molecular weight is 203 g/mol. The minimum Gasteiger partial charge on any atom is -0.368 e. The highest BCUT2D eigenvalue weighted by Gasteiger charge is 2.34. The molecular formula is C7H11F2N5. The summed E-state index contributed by atoms with van der Waals surface area (Å²) in [7, 11) is 0. The second-order valence-electron chi connectivity index (χ2n) is 3.09. The molecule has 0 amide bonds. The van der Waals surface area contributed by atoms with Crippen LogP contribution in [0.5, 0.6) is 0 Å². The van der Waals surface area contributed by atoms with Crippen LogP contribution in [0.4, 0.5) is 20.7 Å². The SMILES string of the molecule is CC(c1nc(N)nc(N)n1)C(C)(F)F. The quantitative estimate of drug-likeness (QED) is 0.741. The van der Waals surface area contributed by atoms with Gasteiger partial charge in [-0.2, -0.15) is 15.0 Å². The maximum Gasteiger partial charge on any atom is 0.254 e. The molecule has 0 saturated heterocycles. The van der Waals surface area contributed by atoms with Gasteiger partial charge in [-0.3, -0.25) is 0 Å². The van der Waals surface area contributed by atoms with Crippen LogP contribution in [-0.2, 0) is 0 Å². The van der Waals surface area contributed by atoms with Gasteiger partial charge in [0, 0.05) is 6.92 Å². The van der Waals surface area contributed by atoms with Gasteiger partial charge >= 0.3 is 0 Å². The fourth-order valence-electron chi connectivity index (χ4n) is 0.847.